The molecule has 2 N–H and O–H groups in total. The van der Waals surface area contributed by atoms with Crippen LogP contribution >= 0.6 is 11.8 Å². The Bertz CT molecular complexity index is 348. The van der Waals surface area contributed by atoms with Crippen molar-refractivity contribution >= 4 is 17.8 Å². The third kappa shape index (κ3) is 4.04. The van der Waals surface area contributed by atoms with Gasteiger partial charge in [-0.3, -0.25) is 0 Å². The number of carbonyl (C=O) groups is 1. The highest BCUT2D eigenvalue weighted by atomic mass is 32.2. The summed E-state index contributed by atoms with van der Waals surface area (Å²) in [6.07, 6.45) is 9.61. The van der Waals surface area contributed by atoms with Gasteiger partial charge in [-0.2, -0.15) is 11.8 Å². The number of rotatable bonds is 5. The van der Waals surface area contributed by atoms with Gasteiger partial charge in [0, 0.05) is 37.0 Å². The number of amides is 2. The zero-order valence-corrected chi connectivity index (χ0v) is 13.3. The summed E-state index contributed by atoms with van der Waals surface area (Å²) in [5.74, 6) is 0.949. The van der Waals surface area contributed by atoms with E-state index >= 15 is 0 Å². The molecule has 1 heterocycles. The van der Waals surface area contributed by atoms with Gasteiger partial charge in [0.15, 0.2) is 0 Å². The Hall–Kier alpha value is -0.420. The van der Waals surface area contributed by atoms with Crippen molar-refractivity contribution in [2.45, 2.75) is 55.9 Å². The summed E-state index contributed by atoms with van der Waals surface area (Å²) < 4.78 is 0. The number of urea groups is 1. The van der Waals surface area contributed by atoms with E-state index in [1.807, 2.05) is 11.8 Å². The zero-order valence-electron chi connectivity index (χ0n) is 12.4. The van der Waals surface area contributed by atoms with E-state index < -0.39 is 0 Å². The van der Waals surface area contributed by atoms with Crippen molar-refractivity contribution in [3.8, 4) is 0 Å². The van der Waals surface area contributed by atoms with E-state index in [0.29, 0.717) is 12.1 Å². The second-order valence-electron chi connectivity index (χ2n) is 6.67. The lowest BCUT2D eigenvalue weighted by Crippen LogP contribution is -2.46. The van der Waals surface area contributed by atoms with Crippen molar-refractivity contribution in [2.24, 2.45) is 5.92 Å². The number of likely N-dealkylation sites (tertiary alicyclic amines) is 1. The summed E-state index contributed by atoms with van der Waals surface area (Å²) in [7, 11) is 0. The number of hydrogen-bond donors (Lipinski definition) is 2. The second kappa shape index (κ2) is 6.56. The van der Waals surface area contributed by atoms with Crippen LogP contribution in [0.5, 0.6) is 0 Å². The van der Waals surface area contributed by atoms with Crippen LogP contribution in [0.25, 0.3) is 0 Å². The Morgan fingerprint density at radius 3 is 2.65 bits per heavy atom. The Kier molecular flexibility index (Phi) is 4.76. The van der Waals surface area contributed by atoms with Gasteiger partial charge in [-0.1, -0.05) is 0 Å². The fourth-order valence-corrected chi connectivity index (χ4v) is 4.28. The third-order valence-corrected chi connectivity index (χ3v) is 5.97. The van der Waals surface area contributed by atoms with E-state index in [4.69, 9.17) is 0 Å². The maximum atomic E-state index is 12.0. The van der Waals surface area contributed by atoms with Gasteiger partial charge < -0.3 is 15.5 Å². The fourth-order valence-electron chi connectivity index (χ4n) is 3.48. The second-order valence-corrected chi connectivity index (χ2v) is 7.81. The SMILES string of the molecule is CS[C@@H]1CC[C@@H](NC(=O)N[C@H]2CCN(CC3CC3)C2)C1. The molecular weight excluding hydrogens is 270 g/mol. The van der Waals surface area contributed by atoms with Gasteiger partial charge in [0.05, 0.1) is 0 Å². The van der Waals surface area contributed by atoms with Gasteiger partial charge in [0.2, 0.25) is 0 Å². The van der Waals surface area contributed by atoms with Crippen molar-refractivity contribution in [1.82, 2.24) is 15.5 Å². The van der Waals surface area contributed by atoms with E-state index in [1.54, 1.807) is 0 Å². The van der Waals surface area contributed by atoms with E-state index in [1.165, 1.54) is 25.8 Å². The molecule has 1 aliphatic heterocycles. The van der Waals surface area contributed by atoms with Crippen LogP contribution in [-0.2, 0) is 0 Å². The Morgan fingerprint density at radius 1 is 1.15 bits per heavy atom. The van der Waals surface area contributed by atoms with Crippen LogP contribution in [0.2, 0.25) is 0 Å². The molecule has 3 fully saturated rings. The molecule has 114 valence electrons. The molecule has 1 saturated heterocycles. The molecule has 4 nitrogen and oxygen atoms in total. The van der Waals surface area contributed by atoms with E-state index in [0.717, 1.165) is 43.5 Å². The van der Waals surface area contributed by atoms with Crippen LogP contribution < -0.4 is 10.6 Å². The molecule has 0 radical (unpaired) electrons. The zero-order chi connectivity index (χ0) is 13.9. The molecule has 0 spiro atoms. The van der Waals surface area contributed by atoms with E-state index in [-0.39, 0.29) is 6.03 Å². The Labute approximate surface area is 126 Å². The lowest BCUT2D eigenvalue weighted by molar-refractivity contribution is 0.232. The molecule has 0 aromatic rings. The lowest BCUT2D eigenvalue weighted by atomic mass is 10.2. The normalized spacial score (nSPS) is 34.4. The first-order chi connectivity index (χ1) is 9.72. The molecule has 2 aliphatic carbocycles. The average Bonchev–Trinajstić information content (AvgIpc) is 2.94. The molecule has 0 aromatic carbocycles. The molecule has 0 aromatic heterocycles. The standard InChI is InChI=1S/C15H27N3OS/c1-20-14-5-4-12(8-14)16-15(19)17-13-6-7-18(10-13)9-11-2-3-11/h11-14H,2-10H2,1H3,(H2,16,17,19)/t12-,13+,14-/m1/s1. The van der Waals surface area contributed by atoms with Crippen LogP contribution in [0.15, 0.2) is 0 Å². The quantitative estimate of drug-likeness (QED) is 0.816. The summed E-state index contributed by atoms with van der Waals surface area (Å²) in [5, 5.41) is 7.06. The minimum absolute atomic E-state index is 0.0509. The molecular formula is C15H27N3OS. The number of nitrogens with zero attached hydrogens (tertiary/aromatic N) is 1. The van der Waals surface area contributed by atoms with E-state index in [9.17, 15) is 4.79 Å². The Morgan fingerprint density at radius 2 is 1.95 bits per heavy atom. The van der Waals surface area contributed by atoms with Gasteiger partial charge in [0.25, 0.3) is 0 Å². The first kappa shape index (κ1) is 14.5. The maximum absolute atomic E-state index is 12.0. The summed E-state index contributed by atoms with van der Waals surface area (Å²) in [6.45, 7) is 3.44. The highest BCUT2D eigenvalue weighted by molar-refractivity contribution is 7.99. The number of hydrogen-bond acceptors (Lipinski definition) is 3. The van der Waals surface area contributed by atoms with Crippen LogP contribution in [0, 0.1) is 5.92 Å². The summed E-state index contributed by atoms with van der Waals surface area (Å²) in [5.41, 5.74) is 0. The van der Waals surface area contributed by atoms with Gasteiger partial charge in [-0.05, 0) is 50.7 Å². The largest absolute Gasteiger partial charge is 0.335 e. The maximum Gasteiger partial charge on any atom is 0.315 e. The molecule has 0 bridgehead atoms. The minimum atomic E-state index is 0.0509. The molecule has 3 atom stereocenters. The van der Waals surface area contributed by atoms with Crippen LogP contribution in [0.1, 0.15) is 38.5 Å². The molecule has 5 heteroatoms. The third-order valence-electron chi connectivity index (χ3n) is 4.87. The monoisotopic (exact) mass is 297 g/mol. The van der Waals surface area contributed by atoms with Crippen LogP contribution in [0.4, 0.5) is 4.79 Å². The van der Waals surface area contributed by atoms with Gasteiger partial charge in [-0.25, -0.2) is 4.79 Å². The van der Waals surface area contributed by atoms with E-state index in [2.05, 4.69) is 21.8 Å². The van der Waals surface area contributed by atoms with Gasteiger partial charge in [-0.15, -0.1) is 0 Å². The molecule has 2 amide bonds. The Balaban J connectivity index is 1.34. The van der Waals surface area contributed by atoms with Crippen molar-refractivity contribution in [3.63, 3.8) is 0 Å². The van der Waals surface area contributed by atoms with Crippen molar-refractivity contribution in [3.05, 3.63) is 0 Å². The number of nitrogens with one attached hydrogen (secondary N) is 2. The highest BCUT2D eigenvalue weighted by Gasteiger charge is 2.30. The minimum Gasteiger partial charge on any atom is -0.335 e. The van der Waals surface area contributed by atoms with Crippen LogP contribution in [0.3, 0.4) is 0 Å². The molecule has 2 saturated carbocycles. The van der Waals surface area contributed by atoms with Gasteiger partial charge in [0.1, 0.15) is 0 Å². The predicted molar refractivity (Wildman–Crippen MR) is 84.2 cm³/mol. The van der Waals surface area contributed by atoms with Gasteiger partial charge >= 0.3 is 6.03 Å². The summed E-state index contributed by atoms with van der Waals surface area (Å²) in [4.78, 5) is 14.6. The molecule has 20 heavy (non-hydrogen) atoms. The molecule has 3 rings (SSSR count). The summed E-state index contributed by atoms with van der Waals surface area (Å²) in [6, 6.07) is 0.790. The smallest absolute Gasteiger partial charge is 0.315 e. The average molecular weight is 297 g/mol. The topological polar surface area (TPSA) is 44.4 Å². The highest BCUT2D eigenvalue weighted by Crippen LogP contribution is 2.31. The molecule has 3 aliphatic rings. The van der Waals surface area contributed by atoms with Crippen molar-refractivity contribution in [2.75, 3.05) is 25.9 Å². The predicted octanol–water partition coefficient (Wildman–Crippen LogP) is 2.05. The first-order valence-electron chi connectivity index (χ1n) is 8.05. The number of thioether (sulfide) groups is 1. The first-order valence-corrected chi connectivity index (χ1v) is 9.34. The fraction of sp³-hybridized carbons (Fsp3) is 0.933. The van der Waals surface area contributed by atoms with Crippen molar-refractivity contribution < 1.29 is 4.79 Å². The molecule has 0 unspecified atom stereocenters. The van der Waals surface area contributed by atoms with Crippen LogP contribution in [-0.4, -0.2) is 54.2 Å². The van der Waals surface area contributed by atoms with Crippen molar-refractivity contribution in [1.29, 1.82) is 0 Å². The number of carbonyl (C=O) groups excluding carboxylic acids is 1. The summed E-state index contributed by atoms with van der Waals surface area (Å²) >= 11 is 1.93. The lowest BCUT2D eigenvalue weighted by Gasteiger charge is -2.18.